The predicted molar refractivity (Wildman–Crippen MR) is 99.7 cm³/mol. The first-order chi connectivity index (χ1) is 13.5. The Hall–Kier alpha value is -2.59. The average molecular weight is 428 g/mol. The molecule has 0 bridgehead atoms. The SMILES string of the molecule is C[C@H](NS(=O)(=O)c1ccccc1OC(F)(F)F)c1ccc(NC(=O)C2CC2)cc1. The monoisotopic (exact) mass is 428 g/mol. The predicted octanol–water partition coefficient (Wildman–Crippen LogP) is 3.97. The second-order valence-electron chi connectivity index (χ2n) is 6.72. The van der Waals surface area contributed by atoms with Gasteiger partial charge in [-0.15, -0.1) is 13.2 Å². The van der Waals surface area contributed by atoms with Crippen molar-refractivity contribution in [2.75, 3.05) is 5.32 Å². The second kappa shape index (κ2) is 8.03. The van der Waals surface area contributed by atoms with Crippen LogP contribution in [0.25, 0.3) is 0 Å². The minimum atomic E-state index is -5.02. The molecule has 0 aromatic heterocycles. The quantitative estimate of drug-likeness (QED) is 0.699. The molecule has 1 atom stereocenters. The zero-order valence-corrected chi connectivity index (χ0v) is 16.2. The summed E-state index contributed by atoms with van der Waals surface area (Å²) in [5.41, 5.74) is 1.16. The van der Waals surface area contributed by atoms with Crippen molar-refractivity contribution >= 4 is 21.6 Å². The summed E-state index contributed by atoms with van der Waals surface area (Å²) in [5, 5.41) is 2.77. The molecule has 0 radical (unpaired) electrons. The van der Waals surface area contributed by atoms with Crippen molar-refractivity contribution in [3.8, 4) is 5.75 Å². The van der Waals surface area contributed by atoms with Crippen molar-refractivity contribution in [2.24, 2.45) is 5.92 Å². The third-order valence-electron chi connectivity index (χ3n) is 4.32. The fraction of sp³-hybridized carbons (Fsp3) is 0.316. The van der Waals surface area contributed by atoms with E-state index >= 15 is 0 Å². The van der Waals surface area contributed by atoms with E-state index in [1.54, 1.807) is 31.2 Å². The van der Waals surface area contributed by atoms with Gasteiger partial charge in [-0.05, 0) is 49.6 Å². The van der Waals surface area contributed by atoms with Crippen molar-refractivity contribution in [3.05, 3.63) is 54.1 Å². The molecule has 1 aliphatic carbocycles. The van der Waals surface area contributed by atoms with Crippen molar-refractivity contribution in [2.45, 2.75) is 37.1 Å². The van der Waals surface area contributed by atoms with Crippen LogP contribution >= 0.6 is 0 Å². The van der Waals surface area contributed by atoms with Crippen LogP contribution in [0.4, 0.5) is 18.9 Å². The highest BCUT2D eigenvalue weighted by Crippen LogP contribution is 2.31. The summed E-state index contributed by atoms with van der Waals surface area (Å²) in [7, 11) is -4.29. The highest BCUT2D eigenvalue weighted by atomic mass is 32.2. The number of carbonyl (C=O) groups excluding carboxylic acids is 1. The summed E-state index contributed by atoms with van der Waals surface area (Å²) in [5.74, 6) is -0.801. The average Bonchev–Trinajstić information content (AvgIpc) is 3.46. The minimum Gasteiger partial charge on any atom is -0.404 e. The Morgan fingerprint density at radius 1 is 1.10 bits per heavy atom. The number of carbonyl (C=O) groups is 1. The fourth-order valence-corrected chi connectivity index (χ4v) is 4.05. The lowest BCUT2D eigenvalue weighted by molar-refractivity contribution is -0.275. The van der Waals surface area contributed by atoms with Crippen LogP contribution in [-0.2, 0) is 14.8 Å². The van der Waals surface area contributed by atoms with Gasteiger partial charge in [0.05, 0.1) is 0 Å². The highest BCUT2D eigenvalue weighted by molar-refractivity contribution is 7.89. The molecule has 1 saturated carbocycles. The molecule has 2 aromatic rings. The summed E-state index contributed by atoms with van der Waals surface area (Å²) in [6.07, 6.45) is -3.26. The number of benzene rings is 2. The molecule has 1 aliphatic rings. The minimum absolute atomic E-state index is 0.0484. The standard InChI is InChI=1S/C19H19F3N2O4S/c1-12(13-8-10-15(11-9-13)23-18(25)14-6-7-14)24-29(26,27)17-5-3-2-4-16(17)28-19(20,21)22/h2-5,8-12,14,24H,6-7H2,1H3,(H,23,25)/t12-/m0/s1. The third kappa shape index (κ3) is 5.70. The number of halogens is 3. The molecule has 1 fully saturated rings. The van der Waals surface area contributed by atoms with E-state index in [4.69, 9.17) is 0 Å². The zero-order valence-electron chi connectivity index (χ0n) is 15.4. The molecule has 29 heavy (non-hydrogen) atoms. The lowest BCUT2D eigenvalue weighted by atomic mass is 10.1. The number of anilines is 1. The molecule has 10 heteroatoms. The van der Waals surface area contributed by atoms with Gasteiger partial charge in [0.15, 0.2) is 0 Å². The molecule has 1 amide bonds. The maximum atomic E-state index is 12.6. The molecule has 0 heterocycles. The number of alkyl halides is 3. The van der Waals surface area contributed by atoms with Crippen LogP contribution in [0.3, 0.4) is 0 Å². The summed E-state index contributed by atoms with van der Waals surface area (Å²) in [6, 6.07) is 10.3. The Labute approximate surface area is 166 Å². The molecule has 3 rings (SSSR count). The van der Waals surface area contributed by atoms with Gasteiger partial charge in [-0.25, -0.2) is 13.1 Å². The number of rotatable bonds is 7. The van der Waals surface area contributed by atoms with E-state index in [0.29, 0.717) is 11.3 Å². The summed E-state index contributed by atoms with van der Waals surface area (Å²) < 4.78 is 69.0. The van der Waals surface area contributed by atoms with E-state index in [-0.39, 0.29) is 11.8 Å². The Balaban J connectivity index is 1.72. The van der Waals surface area contributed by atoms with E-state index in [0.717, 1.165) is 25.0 Å². The second-order valence-corrected chi connectivity index (χ2v) is 8.41. The van der Waals surface area contributed by atoms with Crippen LogP contribution in [0.5, 0.6) is 5.75 Å². The van der Waals surface area contributed by atoms with Crippen LogP contribution in [0.15, 0.2) is 53.4 Å². The Morgan fingerprint density at radius 3 is 2.31 bits per heavy atom. The Morgan fingerprint density at radius 2 is 1.72 bits per heavy atom. The molecule has 2 aromatic carbocycles. The summed E-state index contributed by atoms with van der Waals surface area (Å²) in [4.78, 5) is 11.2. The van der Waals surface area contributed by atoms with Crippen molar-refractivity contribution in [1.29, 1.82) is 0 Å². The lowest BCUT2D eigenvalue weighted by Crippen LogP contribution is -2.28. The van der Waals surface area contributed by atoms with Gasteiger partial charge in [0.1, 0.15) is 10.6 Å². The van der Waals surface area contributed by atoms with Crippen LogP contribution in [0.2, 0.25) is 0 Å². The number of hydrogen-bond donors (Lipinski definition) is 2. The van der Waals surface area contributed by atoms with Gasteiger partial charge in [-0.2, -0.15) is 0 Å². The van der Waals surface area contributed by atoms with Crippen LogP contribution in [-0.4, -0.2) is 20.7 Å². The molecule has 0 saturated heterocycles. The maximum absolute atomic E-state index is 12.6. The first-order valence-corrected chi connectivity index (χ1v) is 10.3. The first-order valence-electron chi connectivity index (χ1n) is 8.83. The molecule has 2 N–H and O–H groups in total. The van der Waals surface area contributed by atoms with Crippen molar-refractivity contribution in [1.82, 2.24) is 4.72 Å². The van der Waals surface area contributed by atoms with E-state index in [1.807, 2.05) is 0 Å². The van der Waals surface area contributed by atoms with Crippen LogP contribution in [0.1, 0.15) is 31.4 Å². The zero-order chi connectivity index (χ0) is 21.2. The topological polar surface area (TPSA) is 84.5 Å². The van der Waals surface area contributed by atoms with E-state index in [9.17, 15) is 26.4 Å². The molecular formula is C19H19F3N2O4S. The van der Waals surface area contributed by atoms with Crippen LogP contribution in [0, 0.1) is 5.92 Å². The normalized spacial score (nSPS) is 15.6. The van der Waals surface area contributed by atoms with Crippen molar-refractivity contribution < 1.29 is 31.1 Å². The maximum Gasteiger partial charge on any atom is 0.573 e. The van der Waals surface area contributed by atoms with Gasteiger partial charge in [-0.3, -0.25) is 4.79 Å². The first kappa shape index (κ1) is 21.1. The summed E-state index contributed by atoms with van der Waals surface area (Å²) >= 11 is 0. The van der Waals surface area contributed by atoms with Gasteiger partial charge in [-0.1, -0.05) is 24.3 Å². The number of sulfonamides is 1. The Bertz CT molecular complexity index is 987. The molecule has 0 unspecified atom stereocenters. The third-order valence-corrected chi connectivity index (χ3v) is 5.90. The lowest BCUT2D eigenvalue weighted by Gasteiger charge is -2.18. The summed E-state index contributed by atoms with van der Waals surface area (Å²) in [6.45, 7) is 1.56. The number of hydrogen-bond acceptors (Lipinski definition) is 4. The van der Waals surface area contributed by atoms with Gasteiger partial charge >= 0.3 is 6.36 Å². The van der Waals surface area contributed by atoms with Gasteiger partial charge in [0.25, 0.3) is 0 Å². The fourth-order valence-electron chi connectivity index (χ4n) is 2.69. The van der Waals surface area contributed by atoms with E-state index in [1.165, 1.54) is 12.1 Å². The number of para-hydroxylation sites is 1. The molecular weight excluding hydrogens is 409 g/mol. The van der Waals surface area contributed by atoms with Crippen molar-refractivity contribution in [3.63, 3.8) is 0 Å². The number of ether oxygens (including phenoxy) is 1. The van der Waals surface area contributed by atoms with Gasteiger partial charge in [0.2, 0.25) is 15.9 Å². The Kier molecular flexibility index (Phi) is 5.85. The highest BCUT2D eigenvalue weighted by Gasteiger charge is 2.34. The molecule has 0 spiro atoms. The van der Waals surface area contributed by atoms with Gasteiger partial charge < -0.3 is 10.1 Å². The smallest absolute Gasteiger partial charge is 0.404 e. The van der Waals surface area contributed by atoms with Gasteiger partial charge in [0, 0.05) is 17.6 Å². The molecule has 0 aliphatic heterocycles. The van der Waals surface area contributed by atoms with E-state index < -0.39 is 33.1 Å². The van der Waals surface area contributed by atoms with Crippen LogP contribution < -0.4 is 14.8 Å². The number of nitrogens with one attached hydrogen (secondary N) is 2. The largest absolute Gasteiger partial charge is 0.573 e. The number of amides is 1. The molecule has 156 valence electrons. The molecule has 6 nitrogen and oxygen atoms in total. The van der Waals surface area contributed by atoms with E-state index in [2.05, 4.69) is 14.8 Å².